The van der Waals surface area contributed by atoms with Gasteiger partial charge < -0.3 is 5.32 Å². The summed E-state index contributed by atoms with van der Waals surface area (Å²) in [7, 11) is 0. The molecule has 0 spiro atoms. The highest BCUT2D eigenvalue weighted by atomic mass is 32.2. The van der Waals surface area contributed by atoms with Crippen LogP contribution in [-0.2, 0) is 0 Å². The van der Waals surface area contributed by atoms with Gasteiger partial charge in [0.2, 0.25) is 0 Å². The van der Waals surface area contributed by atoms with Crippen molar-refractivity contribution < 1.29 is 4.79 Å². The second-order valence-electron chi connectivity index (χ2n) is 2.29. The minimum atomic E-state index is -0.320. The number of carbonyl (C=O) groups is 1. The van der Waals surface area contributed by atoms with Gasteiger partial charge >= 0.3 is 6.03 Å². The van der Waals surface area contributed by atoms with Gasteiger partial charge in [0.25, 0.3) is 0 Å². The summed E-state index contributed by atoms with van der Waals surface area (Å²) in [5.41, 5.74) is 0. The first-order chi connectivity index (χ1) is 5.06. The van der Waals surface area contributed by atoms with Crippen LogP contribution in [0, 0.1) is 5.41 Å². The number of hydrogen-bond donors (Lipinski definition) is 3. The third-order valence-electron chi connectivity index (χ3n) is 0.851. The Bertz CT molecular complexity index is 158. The monoisotopic (exact) mass is 175 g/mol. The summed E-state index contributed by atoms with van der Waals surface area (Å²) in [5.74, 6) is 0. The van der Waals surface area contributed by atoms with Crippen LogP contribution in [0.25, 0.3) is 0 Å². The maximum Gasteiger partial charge on any atom is 0.320 e. The number of thioether (sulfide) groups is 1. The quantitative estimate of drug-likeness (QED) is 0.411. The van der Waals surface area contributed by atoms with Gasteiger partial charge in [-0.3, -0.25) is 10.7 Å². The summed E-state index contributed by atoms with van der Waals surface area (Å²) in [6.45, 7) is 3.73. The zero-order chi connectivity index (χ0) is 8.85. The van der Waals surface area contributed by atoms with Crippen LogP contribution in [0.4, 0.5) is 4.79 Å². The summed E-state index contributed by atoms with van der Waals surface area (Å²) >= 11 is 1.19. The van der Waals surface area contributed by atoms with Crippen molar-refractivity contribution in [2.75, 3.05) is 6.26 Å². The fourth-order valence-corrected chi connectivity index (χ4v) is 0.647. The Labute approximate surface area is 70.6 Å². The number of amides is 2. The molecule has 0 bridgehead atoms. The lowest BCUT2D eigenvalue weighted by atomic mass is 10.4. The lowest BCUT2D eigenvalue weighted by Gasteiger charge is -2.08. The number of nitrogens with one attached hydrogen (secondary N) is 3. The average molecular weight is 175 g/mol. The highest BCUT2D eigenvalue weighted by Gasteiger charge is 2.02. The molecule has 0 saturated heterocycles. The highest BCUT2D eigenvalue weighted by Crippen LogP contribution is 1.89. The molecule has 0 atom stereocenters. The third-order valence-corrected chi connectivity index (χ3v) is 1.36. The minimum Gasteiger partial charge on any atom is -0.336 e. The van der Waals surface area contributed by atoms with Crippen LogP contribution in [0.2, 0.25) is 0 Å². The van der Waals surface area contributed by atoms with Gasteiger partial charge in [-0.15, -0.1) is 0 Å². The summed E-state index contributed by atoms with van der Waals surface area (Å²) in [4.78, 5) is 10.8. The van der Waals surface area contributed by atoms with Gasteiger partial charge in [0.15, 0.2) is 5.17 Å². The first kappa shape index (κ1) is 10.3. The zero-order valence-corrected chi connectivity index (χ0v) is 7.71. The van der Waals surface area contributed by atoms with Crippen LogP contribution in [0.3, 0.4) is 0 Å². The maximum atomic E-state index is 10.8. The van der Waals surface area contributed by atoms with Crippen molar-refractivity contribution in [3.63, 3.8) is 0 Å². The van der Waals surface area contributed by atoms with E-state index in [4.69, 9.17) is 5.41 Å². The van der Waals surface area contributed by atoms with E-state index in [1.807, 2.05) is 13.8 Å². The van der Waals surface area contributed by atoms with Gasteiger partial charge in [0.05, 0.1) is 0 Å². The summed E-state index contributed by atoms with van der Waals surface area (Å²) in [5, 5.41) is 12.2. The molecule has 64 valence electrons. The van der Waals surface area contributed by atoms with Crippen LogP contribution in [0.15, 0.2) is 0 Å². The molecule has 0 rings (SSSR count). The summed E-state index contributed by atoms with van der Waals surface area (Å²) in [6, 6.07) is -0.219. The first-order valence-corrected chi connectivity index (χ1v) is 4.48. The molecule has 0 heterocycles. The van der Waals surface area contributed by atoms with Crippen molar-refractivity contribution in [1.29, 1.82) is 5.41 Å². The first-order valence-electron chi connectivity index (χ1n) is 3.26. The number of amidine groups is 1. The van der Waals surface area contributed by atoms with Gasteiger partial charge in [-0.2, -0.15) is 0 Å². The van der Waals surface area contributed by atoms with Gasteiger partial charge in [-0.1, -0.05) is 11.8 Å². The van der Waals surface area contributed by atoms with E-state index in [0.717, 1.165) is 0 Å². The van der Waals surface area contributed by atoms with E-state index in [2.05, 4.69) is 10.6 Å². The second-order valence-corrected chi connectivity index (χ2v) is 3.10. The topological polar surface area (TPSA) is 65.0 Å². The molecule has 2 amide bonds. The van der Waals surface area contributed by atoms with E-state index in [1.54, 1.807) is 6.26 Å². The van der Waals surface area contributed by atoms with Crippen molar-refractivity contribution in [1.82, 2.24) is 10.6 Å². The molecule has 0 unspecified atom stereocenters. The Kier molecular flexibility index (Phi) is 4.69. The van der Waals surface area contributed by atoms with E-state index in [0.29, 0.717) is 0 Å². The molecule has 0 aromatic heterocycles. The van der Waals surface area contributed by atoms with E-state index < -0.39 is 0 Å². The lowest BCUT2D eigenvalue weighted by molar-refractivity contribution is 0.243. The molecule has 0 radical (unpaired) electrons. The fraction of sp³-hybridized carbons (Fsp3) is 0.667. The van der Waals surface area contributed by atoms with Crippen LogP contribution >= 0.6 is 11.8 Å². The Morgan fingerprint density at radius 1 is 1.55 bits per heavy atom. The maximum absolute atomic E-state index is 10.8. The highest BCUT2D eigenvalue weighted by molar-refractivity contribution is 8.13. The lowest BCUT2D eigenvalue weighted by Crippen LogP contribution is -2.41. The van der Waals surface area contributed by atoms with E-state index in [1.165, 1.54) is 11.8 Å². The fourth-order valence-electron chi connectivity index (χ4n) is 0.452. The standard InChI is InChI=1S/C6H13N3OS/c1-4(2)8-6(10)9-5(7)11-3/h4H,1-3H3,(H3,7,8,9,10). The molecule has 0 aliphatic rings. The molecule has 0 saturated carbocycles. The number of urea groups is 1. The Morgan fingerprint density at radius 3 is 2.45 bits per heavy atom. The zero-order valence-electron chi connectivity index (χ0n) is 6.89. The van der Waals surface area contributed by atoms with Crippen molar-refractivity contribution in [3.05, 3.63) is 0 Å². The Hall–Kier alpha value is -0.710. The van der Waals surface area contributed by atoms with Crippen molar-refractivity contribution in [2.24, 2.45) is 0 Å². The van der Waals surface area contributed by atoms with Crippen LogP contribution in [0.5, 0.6) is 0 Å². The predicted octanol–water partition coefficient (Wildman–Crippen LogP) is 0.992. The Morgan fingerprint density at radius 2 is 2.09 bits per heavy atom. The smallest absolute Gasteiger partial charge is 0.320 e. The molecule has 0 fully saturated rings. The second kappa shape index (κ2) is 5.01. The van der Waals surface area contributed by atoms with Crippen LogP contribution < -0.4 is 10.6 Å². The average Bonchev–Trinajstić information content (AvgIpc) is 1.85. The minimum absolute atomic E-state index is 0.102. The Balaban J connectivity index is 3.61. The number of rotatable bonds is 1. The van der Waals surface area contributed by atoms with Crippen LogP contribution in [-0.4, -0.2) is 23.5 Å². The number of carbonyl (C=O) groups excluding carboxylic acids is 1. The molecule has 0 aliphatic heterocycles. The molecule has 0 aliphatic carbocycles. The van der Waals surface area contributed by atoms with Gasteiger partial charge in [-0.05, 0) is 20.1 Å². The van der Waals surface area contributed by atoms with Crippen LogP contribution in [0.1, 0.15) is 13.8 Å². The van der Waals surface area contributed by atoms with E-state index >= 15 is 0 Å². The summed E-state index contributed by atoms with van der Waals surface area (Å²) in [6.07, 6.45) is 1.73. The number of hydrogen-bond acceptors (Lipinski definition) is 3. The molecular weight excluding hydrogens is 162 g/mol. The molecule has 4 nitrogen and oxygen atoms in total. The largest absolute Gasteiger partial charge is 0.336 e. The molecule has 0 aromatic rings. The predicted molar refractivity (Wildman–Crippen MR) is 48.0 cm³/mol. The van der Waals surface area contributed by atoms with Gasteiger partial charge in [-0.25, -0.2) is 4.79 Å². The van der Waals surface area contributed by atoms with Crippen molar-refractivity contribution in [2.45, 2.75) is 19.9 Å². The molecular formula is C6H13N3OS. The molecule has 11 heavy (non-hydrogen) atoms. The van der Waals surface area contributed by atoms with Gasteiger partial charge in [0.1, 0.15) is 0 Å². The summed E-state index contributed by atoms with van der Waals surface area (Å²) < 4.78 is 0. The van der Waals surface area contributed by atoms with E-state index in [9.17, 15) is 4.79 Å². The molecule has 0 aromatic carbocycles. The van der Waals surface area contributed by atoms with Gasteiger partial charge in [0, 0.05) is 6.04 Å². The van der Waals surface area contributed by atoms with Crippen molar-refractivity contribution >= 4 is 23.0 Å². The SMILES string of the molecule is CSC(=N)NC(=O)NC(C)C. The third kappa shape index (κ3) is 5.72. The normalized spacial score (nSPS) is 9.45. The van der Waals surface area contributed by atoms with E-state index in [-0.39, 0.29) is 17.2 Å². The molecule has 5 heteroatoms. The molecule has 3 N–H and O–H groups in total. The van der Waals surface area contributed by atoms with Crippen molar-refractivity contribution in [3.8, 4) is 0 Å².